The Morgan fingerprint density at radius 2 is 1.74 bits per heavy atom. The molecule has 138 valence electrons. The summed E-state index contributed by atoms with van der Waals surface area (Å²) in [6.45, 7) is 0. The summed E-state index contributed by atoms with van der Waals surface area (Å²) in [4.78, 5) is 25.7. The fourth-order valence-corrected chi connectivity index (χ4v) is 2.72. The Labute approximate surface area is 158 Å². The summed E-state index contributed by atoms with van der Waals surface area (Å²) in [5, 5.41) is 2.83. The monoisotopic (exact) mass is 362 g/mol. The van der Waals surface area contributed by atoms with Gasteiger partial charge in [0.25, 0.3) is 5.91 Å². The van der Waals surface area contributed by atoms with Crippen molar-refractivity contribution in [1.29, 1.82) is 0 Å². The Hall–Kier alpha value is -3.34. The average molecular weight is 362 g/mol. The van der Waals surface area contributed by atoms with Crippen LogP contribution in [-0.4, -0.2) is 30.8 Å². The third-order valence-corrected chi connectivity index (χ3v) is 4.12. The van der Waals surface area contributed by atoms with Gasteiger partial charge in [-0.05, 0) is 30.3 Å². The lowest BCUT2D eigenvalue weighted by Gasteiger charge is -2.11. The van der Waals surface area contributed by atoms with Crippen LogP contribution in [0.5, 0.6) is 0 Å². The van der Waals surface area contributed by atoms with Crippen molar-refractivity contribution in [2.24, 2.45) is 0 Å². The summed E-state index contributed by atoms with van der Waals surface area (Å²) < 4.78 is 5.82. The van der Waals surface area contributed by atoms with Gasteiger partial charge in [0.2, 0.25) is 5.91 Å². The molecule has 0 bridgehead atoms. The second-order valence-electron chi connectivity index (χ2n) is 6.46. The molecule has 0 radical (unpaired) electrons. The van der Waals surface area contributed by atoms with E-state index in [0.717, 1.165) is 17.1 Å². The summed E-state index contributed by atoms with van der Waals surface area (Å²) in [6.07, 6.45) is 0.808. The molecule has 0 saturated carbocycles. The van der Waals surface area contributed by atoms with Crippen LogP contribution in [0.1, 0.15) is 22.5 Å². The van der Waals surface area contributed by atoms with Gasteiger partial charge in [0.1, 0.15) is 11.5 Å². The largest absolute Gasteiger partial charge is 0.461 e. The minimum Gasteiger partial charge on any atom is -0.461 e. The predicted molar refractivity (Wildman–Crippen MR) is 106 cm³/mol. The van der Waals surface area contributed by atoms with Crippen molar-refractivity contribution in [2.75, 3.05) is 19.4 Å². The maximum absolute atomic E-state index is 12.2. The number of carbonyl (C=O) groups excluding carboxylic acids is 2. The number of furan rings is 1. The minimum atomic E-state index is -0.123. The zero-order chi connectivity index (χ0) is 19.2. The molecule has 1 heterocycles. The highest BCUT2D eigenvalue weighted by molar-refractivity contribution is 5.97. The lowest BCUT2D eigenvalue weighted by atomic mass is 10.1. The highest BCUT2D eigenvalue weighted by Crippen LogP contribution is 2.22. The number of carbonyl (C=O) groups is 2. The second kappa shape index (κ2) is 8.36. The number of amides is 2. The molecule has 3 rings (SSSR count). The molecule has 0 aliphatic heterocycles. The molecule has 2 aromatic carbocycles. The molecule has 5 nitrogen and oxygen atoms in total. The van der Waals surface area contributed by atoms with E-state index >= 15 is 0 Å². The van der Waals surface area contributed by atoms with Crippen molar-refractivity contribution >= 4 is 17.5 Å². The fraction of sp³-hybridized carbons (Fsp3) is 0.182. The summed E-state index contributed by atoms with van der Waals surface area (Å²) >= 11 is 0. The molecule has 5 heteroatoms. The first kappa shape index (κ1) is 18.5. The maximum atomic E-state index is 12.2. The van der Waals surface area contributed by atoms with E-state index in [0.29, 0.717) is 24.1 Å². The van der Waals surface area contributed by atoms with E-state index in [1.165, 1.54) is 4.90 Å². The van der Waals surface area contributed by atoms with Gasteiger partial charge in [0, 0.05) is 43.8 Å². The van der Waals surface area contributed by atoms with E-state index in [-0.39, 0.29) is 11.8 Å². The number of nitrogens with zero attached hydrogens (tertiary/aromatic N) is 1. The number of benzene rings is 2. The Kier molecular flexibility index (Phi) is 5.71. The van der Waals surface area contributed by atoms with Crippen molar-refractivity contribution in [3.05, 3.63) is 78.1 Å². The molecule has 0 unspecified atom stereocenters. The molecule has 0 aliphatic rings. The molecule has 3 aromatic rings. The third kappa shape index (κ3) is 4.85. The van der Waals surface area contributed by atoms with Crippen molar-refractivity contribution < 1.29 is 14.0 Å². The van der Waals surface area contributed by atoms with Crippen LogP contribution >= 0.6 is 0 Å². The molecule has 2 amide bonds. The SMILES string of the molecule is CN(C)C(=O)c1cccc(NC(=O)CCc2ccc(-c3ccccc3)o2)c1. The van der Waals surface area contributed by atoms with Crippen LogP contribution in [0.4, 0.5) is 5.69 Å². The van der Waals surface area contributed by atoms with E-state index in [2.05, 4.69) is 5.32 Å². The Morgan fingerprint density at radius 1 is 0.963 bits per heavy atom. The molecular formula is C22H22N2O3. The third-order valence-electron chi connectivity index (χ3n) is 4.12. The Bertz CT molecular complexity index is 929. The Balaban J connectivity index is 1.57. The zero-order valence-corrected chi connectivity index (χ0v) is 15.4. The predicted octanol–water partition coefficient (Wildman–Crippen LogP) is 4.22. The van der Waals surface area contributed by atoms with Gasteiger partial charge >= 0.3 is 0 Å². The summed E-state index contributed by atoms with van der Waals surface area (Å²) in [7, 11) is 3.39. The van der Waals surface area contributed by atoms with Crippen molar-refractivity contribution in [1.82, 2.24) is 4.90 Å². The van der Waals surface area contributed by atoms with Crippen LogP contribution in [0.2, 0.25) is 0 Å². The molecule has 0 saturated heterocycles. The lowest BCUT2D eigenvalue weighted by Crippen LogP contribution is -2.22. The van der Waals surface area contributed by atoms with Crippen LogP contribution in [0, 0.1) is 0 Å². The Morgan fingerprint density at radius 3 is 2.48 bits per heavy atom. The normalized spacial score (nSPS) is 10.4. The van der Waals surface area contributed by atoms with E-state index in [1.54, 1.807) is 38.4 Å². The van der Waals surface area contributed by atoms with Crippen LogP contribution in [0.3, 0.4) is 0 Å². The van der Waals surface area contributed by atoms with Gasteiger partial charge in [0.05, 0.1) is 0 Å². The van der Waals surface area contributed by atoms with Gasteiger partial charge in [-0.1, -0.05) is 36.4 Å². The second-order valence-corrected chi connectivity index (χ2v) is 6.46. The topological polar surface area (TPSA) is 62.6 Å². The smallest absolute Gasteiger partial charge is 0.253 e. The highest BCUT2D eigenvalue weighted by Gasteiger charge is 2.11. The molecule has 1 N–H and O–H groups in total. The molecule has 0 fully saturated rings. The minimum absolute atomic E-state index is 0.102. The van der Waals surface area contributed by atoms with Crippen molar-refractivity contribution in [3.8, 4) is 11.3 Å². The van der Waals surface area contributed by atoms with Crippen LogP contribution in [0.25, 0.3) is 11.3 Å². The molecule has 0 atom stereocenters. The fourth-order valence-electron chi connectivity index (χ4n) is 2.72. The van der Waals surface area contributed by atoms with Crippen molar-refractivity contribution in [2.45, 2.75) is 12.8 Å². The first-order valence-corrected chi connectivity index (χ1v) is 8.78. The summed E-state index contributed by atoms with van der Waals surface area (Å²) in [5.41, 5.74) is 2.16. The van der Waals surface area contributed by atoms with Gasteiger partial charge < -0.3 is 14.6 Å². The van der Waals surface area contributed by atoms with E-state index in [9.17, 15) is 9.59 Å². The van der Waals surface area contributed by atoms with E-state index in [4.69, 9.17) is 4.42 Å². The summed E-state index contributed by atoms with van der Waals surface area (Å²) in [6, 6.07) is 20.6. The van der Waals surface area contributed by atoms with Gasteiger partial charge in [-0.2, -0.15) is 0 Å². The van der Waals surface area contributed by atoms with Crippen LogP contribution in [-0.2, 0) is 11.2 Å². The zero-order valence-electron chi connectivity index (χ0n) is 15.4. The number of hydrogen-bond acceptors (Lipinski definition) is 3. The van der Waals surface area contributed by atoms with Crippen LogP contribution in [0.15, 0.2) is 71.1 Å². The number of aryl methyl sites for hydroxylation is 1. The number of anilines is 1. The lowest BCUT2D eigenvalue weighted by molar-refractivity contribution is -0.116. The maximum Gasteiger partial charge on any atom is 0.253 e. The highest BCUT2D eigenvalue weighted by atomic mass is 16.3. The standard InChI is InChI=1S/C22H22N2O3/c1-24(2)22(26)17-9-6-10-18(15-17)23-21(25)14-12-19-11-13-20(27-19)16-7-4-3-5-8-16/h3-11,13,15H,12,14H2,1-2H3,(H,23,25). The van der Waals surface area contributed by atoms with Gasteiger partial charge in [-0.15, -0.1) is 0 Å². The van der Waals surface area contributed by atoms with Gasteiger partial charge in [0.15, 0.2) is 0 Å². The number of rotatable bonds is 6. The van der Waals surface area contributed by atoms with Crippen molar-refractivity contribution in [3.63, 3.8) is 0 Å². The van der Waals surface area contributed by atoms with E-state index < -0.39 is 0 Å². The van der Waals surface area contributed by atoms with E-state index in [1.807, 2.05) is 42.5 Å². The quantitative estimate of drug-likeness (QED) is 0.714. The van der Waals surface area contributed by atoms with Gasteiger partial charge in [-0.25, -0.2) is 0 Å². The van der Waals surface area contributed by atoms with Gasteiger partial charge in [-0.3, -0.25) is 9.59 Å². The molecule has 1 aromatic heterocycles. The molecule has 27 heavy (non-hydrogen) atoms. The number of hydrogen-bond donors (Lipinski definition) is 1. The van der Waals surface area contributed by atoms with Crippen LogP contribution < -0.4 is 5.32 Å². The molecule has 0 aliphatic carbocycles. The molecular weight excluding hydrogens is 340 g/mol. The first-order chi connectivity index (χ1) is 13.0. The average Bonchev–Trinajstić information content (AvgIpc) is 3.16. The number of nitrogens with one attached hydrogen (secondary N) is 1. The summed E-state index contributed by atoms with van der Waals surface area (Å²) in [5.74, 6) is 1.33. The first-order valence-electron chi connectivity index (χ1n) is 8.78. The molecule has 0 spiro atoms.